The number of ether oxygens (including phenoxy) is 3. The first-order valence-corrected chi connectivity index (χ1v) is 9.13. The molecular weight excluding hydrogens is 350 g/mol. The molecule has 28 heavy (non-hydrogen) atoms. The molecule has 1 aromatic heterocycles. The number of pyridine rings is 1. The number of aromatic nitrogens is 1. The van der Waals surface area contributed by atoms with Crippen LogP contribution in [-0.2, 0) is 13.2 Å². The highest BCUT2D eigenvalue weighted by molar-refractivity contribution is 5.78. The molecule has 4 nitrogen and oxygen atoms in total. The Morgan fingerprint density at radius 2 is 1.43 bits per heavy atom. The van der Waals surface area contributed by atoms with Gasteiger partial charge in [-0.1, -0.05) is 42.5 Å². The summed E-state index contributed by atoms with van der Waals surface area (Å²) in [6.07, 6.45) is 0. The first-order valence-electron chi connectivity index (χ1n) is 9.13. The van der Waals surface area contributed by atoms with Gasteiger partial charge in [0.2, 0.25) is 0 Å². The third-order valence-corrected chi connectivity index (χ3v) is 4.39. The lowest BCUT2D eigenvalue weighted by atomic mass is 10.2. The van der Waals surface area contributed by atoms with Gasteiger partial charge in [0, 0.05) is 11.5 Å². The van der Waals surface area contributed by atoms with E-state index in [9.17, 15) is 0 Å². The zero-order chi connectivity index (χ0) is 19.2. The fourth-order valence-corrected chi connectivity index (χ4v) is 2.93. The summed E-state index contributed by atoms with van der Waals surface area (Å²) in [7, 11) is 1.64. The SMILES string of the molecule is COc1cccc(OCc2cccc(OCc3ccc4ccccc4n3)c2)c1. The molecule has 0 aliphatic rings. The maximum atomic E-state index is 5.93. The molecule has 0 atom stereocenters. The molecule has 4 heteroatoms. The second-order valence-electron chi connectivity index (χ2n) is 6.40. The Hall–Kier alpha value is -3.53. The molecule has 0 aliphatic heterocycles. The van der Waals surface area contributed by atoms with E-state index in [4.69, 9.17) is 14.2 Å². The number of hydrogen-bond donors (Lipinski definition) is 0. The molecule has 1 heterocycles. The van der Waals surface area contributed by atoms with Gasteiger partial charge in [-0.15, -0.1) is 0 Å². The van der Waals surface area contributed by atoms with E-state index >= 15 is 0 Å². The second kappa shape index (κ2) is 8.44. The summed E-state index contributed by atoms with van der Waals surface area (Å²) in [5.74, 6) is 2.34. The van der Waals surface area contributed by atoms with Gasteiger partial charge in [-0.25, -0.2) is 4.98 Å². The quantitative estimate of drug-likeness (QED) is 0.436. The van der Waals surface area contributed by atoms with Crippen LogP contribution in [0, 0.1) is 0 Å². The summed E-state index contributed by atoms with van der Waals surface area (Å²) in [5, 5.41) is 1.13. The molecule has 0 saturated carbocycles. The number of rotatable bonds is 7. The Labute approximate surface area is 164 Å². The van der Waals surface area contributed by atoms with E-state index in [1.807, 2.05) is 72.8 Å². The fourth-order valence-electron chi connectivity index (χ4n) is 2.93. The summed E-state index contributed by atoms with van der Waals surface area (Å²) in [4.78, 5) is 4.64. The Kier molecular flexibility index (Phi) is 5.38. The van der Waals surface area contributed by atoms with E-state index in [1.165, 1.54) is 0 Å². The van der Waals surface area contributed by atoms with Gasteiger partial charge in [0.15, 0.2) is 0 Å². The van der Waals surface area contributed by atoms with E-state index in [0.717, 1.165) is 39.4 Å². The average molecular weight is 371 g/mol. The summed E-state index contributed by atoms with van der Waals surface area (Å²) in [6, 6.07) is 27.6. The van der Waals surface area contributed by atoms with Gasteiger partial charge in [-0.2, -0.15) is 0 Å². The van der Waals surface area contributed by atoms with Crippen molar-refractivity contribution in [2.75, 3.05) is 7.11 Å². The molecule has 0 bridgehead atoms. The Balaban J connectivity index is 1.38. The first-order chi connectivity index (χ1) is 13.8. The van der Waals surface area contributed by atoms with Crippen LogP contribution in [0.3, 0.4) is 0 Å². The smallest absolute Gasteiger partial charge is 0.130 e. The van der Waals surface area contributed by atoms with Crippen molar-refractivity contribution in [2.24, 2.45) is 0 Å². The van der Waals surface area contributed by atoms with Gasteiger partial charge in [-0.3, -0.25) is 0 Å². The van der Waals surface area contributed by atoms with Gasteiger partial charge >= 0.3 is 0 Å². The van der Waals surface area contributed by atoms with Crippen molar-refractivity contribution in [3.8, 4) is 17.2 Å². The van der Waals surface area contributed by atoms with Gasteiger partial charge in [0.25, 0.3) is 0 Å². The molecule has 0 radical (unpaired) electrons. The lowest BCUT2D eigenvalue weighted by Crippen LogP contribution is -2.00. The normalized spacial score (nSPS) is 10.6. The molecule has 3 aromatic carbocycles. The maximum absolute atomic E-state index is 5.93. The lowest BCUT2D eigenvalue weighted by molar-refractivity contribution is 0.292. The molecule has 0 fully saturated rings. The van der Waals surface area contributed by atoms with Gasteiger partial charge in [0.05, 0.1) is 18.3 Å². The van der Waals surface area contributed by atoms with Gasteiger partial charge in [0.1, 0.15) is 30.5 Å². The summed E-state index contributed by atoms with van der Waals surface area (Å²) in [6.45, 7) is 0.879. The molecule has 140 valence electrons. The fraction of sp³-hybridized carbons (Fsp3) is 0.125. The number of fused-ring (bicyclic) bond motifs is 1. The Morgan fingerprint density at radius 1 is 0.679 bits per heavy atom. The van der Waals surface area contributed by atoms with Crippen LogP contribution in [0.1, 0.15) is 11.3 Å². The molecule has 0 aliphatic carbocycles. The predicted molar refractivity (Wildman–Crippen MR) is 110 cm³/mol. The zero-order valence-corrected chi connectivity index (χ0v) is 15.7. The van der Waals surface area contributed by atoms with Crippen LogP contribution in [-0.4, -0.2) is 12.1 Å². The van der Waals surface area contributed by atoms with Crippen LogP contribution in [0.5, 0.6) is 17.2 Å². The Morgan fingerprint density at radius 3 is 2.32 bits per heavy atom. The standard InChI is InChI=1S/C24H21NO3/c1-26-21-8-5-10-23(15-21)27-16-18-6-4-9-22(14-18)28-17-20-13-12-19-7-2-3-11-24(19)25-20/h2-15H,16-17H2,1H3. The van der Waals surface area contributed by atoms with Gasteiger partial charge in [-0.05, 0) is 42.0 Å². The molecule has 0 saturated heterocycles. The zero-order valence-electron chi connectivity index (χ0n) is 15.7. The van der Waals surface area contributed by atoms with Crippen LogP contribution in [0.2, 0.25) is 0 Å². The highest BCUT2D eigenvalue weighted by Gasteiger charge is 2.03. The minimum absolute atomic E-state index is 0.422. The highest BCUT2D eigenvalue weighted by Crippen LogP contribution is 2.21. The van der Waals surface area contributed by atoms with Crippen LogP contribution < -0.4 is 14.2 Å². The van der Waals surface area contributed by atoms with Crippen molar-refractivity contribution in [3.05, 3.63) is 96.2 Å². The third-order valence-electron chi connectivity index (χ3n) is 4.39. The molecular formula is C24H21NO3. The van der Waals surface area contributed by atoms with Crippen LogP contribution in [0.25, 0.3) is 10.9 Å². The maximum Gasteiger partial charge on any atom is 0.130 e. The van der Waals surface area contributed by atoms with Gasteiger partial charge < -0.3 is 14.2 Å². The molecule has 0 unspecified atom stereocenters. The minimum Gasteiger partial charge on any atom is -0.497 e. The molecule has 4 aromatic rings. The van der Waals surface area contributed by atoms with Crippen molar-refractivity contribution in [3.63, 3.8) is 0 Å². The van der Waals surface area contributed by atoms with E-state index in [-0.39, 0.29) is 0 Å². The Bertz CT molecular complexity index is 1080. The topological polar surface area (TPSA) is 40.6 Å². The highest BCUT2D eigenvalue weighted by atomic mass is 16.5. The monoisotopic (exact) mass is 371 g/mol. The summed E-state index contributed by atoms with van der Waals surface area (Å²) >= 11 is 0. The first kappa shape index (κ1) is 17.9. The number of methoxy groups -OCH3 is 1. The summed E-state index contributed by atoms with van der Waals surface area (Å²) < 4.78 is 17.0. The minimum atomic E-state index is 0.422. The predicted octanol–water partition coefficient (Wildman–Crippen LogP) is 5.40. The van der Waals surface area contributed by atoms with Crippen molar-refractivity contribution in [2.45, 2.75) is 13.2 Å². The van der Waals surface area contributed by atoms with Crippen LogP contribution >= 0.6 is 0 Å². The van der Waals surface area contributed by atoms with Crippen LogP contribution in [0.15, 0.2) is 84.9 Å². The van der Waals surface area contributed by atoms with Crippen molar-refractivity contribution < 1.29 is 14.2 Å². The number of benzene rings is 3. The van der Waals surface area contributed by atoms with Crippen LogP contribution in [0.4, 0.5) is 0 Å². The van der Waals surface area contributed by atoms with Crippen molar-refractivity contribution in [1.82, 2.24) is 4.98 Å². The molecule has 0 N–H and O–H groups in total. The summed E-state index contributed by atoms with van der Waals surface area (Å²) in [5.41, 5.74) is 2.91. The van der Waals surface area contributed by atoms with E-state index in [2.05, 4.69) is 17.1 Å². The van der Waals surface area contributed by atoms with E-state index in [0.29, 0.717) is 13.2 Å². The average Bonchev–Trinajstić information content (AvgIpc) is 2.76. The second-order valence-corrected chi connectivity index (χ2v) is 6.40. The lowest BCUT2D eigenvalue weighted by Gasteiger charge is -2.10. The third kappa shape index (κ3) is 4.41. The molecule has 0 spiro atoms. The number of para-hydroxylation sites is 1. The number of hydrogen-bond acceptors (Lipinski definition) is 4. The number of nitrogens with zero attached hydrogens (tertiary/aromatic N) is 1. The van der Waals surface area contributed by atoms with Crippen molar-refractivity contribution in [1.29, 1.82) is 0 Å². The van der Waals surface area contributed by atoms with Crippen molar-refractivity contribution >= 4 is 10.9 Å². The largest absolute Gasteiger partial charge is 0.497 e. The molecule has 0 amide bonds. The van der Waals surface area contributed by atoms with E-state index in [1.54, 1.807) is 7.11 Å². The van der Waals surface area contributed by atoms with E-state index < -0.39 is 0 Å². The molecule has 4 rings (SSSR count).